The average Bonchev–Trinajstić information content (AvgIpc) is 3.28. The van der Waals surface area contributed by atoms with E-state index in [-0.39, 0.29) is 19.3 Å². The minimum absolute atomic E-state index is 0.00360. The molecule has 0 aromatic rings. The molecule has 1 heterocycles. The number of carbonyl (C=O) groups is 4. The number of phosphoric ester groups is 1. The number of aliphatic hydroxyl groups excluding tert-OH is 1. The molecule has 0 aliphatic carbocycles. The van der Waals surface area contributed by atoms with Gasteiger partial charge in [-0.1, -0.05) is 194 Å². The van der Waals surface area contributed by atoms with Crippen LogP contribution in [0.15, 0.2) is 0 Å². The number of amides is 1. The van der Waals surface area contributed by atoms with Crippen molar-refractivity contribution in [3.63, 3.8) is 0 Å². The highest BCUT2D eigenvalue weighted by molar-refractivity contribution is 7.46. The van der Waals surface area contributed by atoms with Crippen LogP contribution in [0.3, 0.4) is 0 Å². The summed E-state index contributed by atoms with van der Waals surface area (Å²) in [5.74, 6) is -8.99. The van der Waals surface area contributed by atoms with E-state index < -0.39 is 100 Å². The van der Waals surface area contributed by atoms with Crippen molar-refractivity contribution in [2.75, 3.05) is 13.2 Å². The second kappa shape index (κ2) is 39.4. The molecule has 1 aliphatic rings. The number of carboxylic acids is 1. The number of hydrogen-bond acceptors (Lipinski definition) is 11. The van der Waals surface area contributed by atoms with Gasteiger partial charge in [0.2, 0.25) is 0 Å². The molecule has 5 N–H and O–H groups in total. The van der Waals surface area contributed by atoms with Crippen LogP contribution in [0, 0.1) is 0 Å². The van der Waals surface area contributed by atoms with Crippen molar-refractivity contribution in [1.82, 2.24) is 5.32 Å². The Labute approximate surface area is 406 Å². The molecule has 0 saturated carbocycles. The van der Waals surface area contributed by atoms with Gasteiger partial charge in [-0.3, -0.25) is 18.9 Å². The number of alkyl halides is 2. The highest BCUT2D eigenvalue weighted by Crippen LogP contribution is 2.42. The van der Waals surface area contributed by atoms with Gasteiger partial charge in [0.05, 0.1) is 13.0 Å². The minimum atomic E-state index is -5.50. The van der Waals surface area contributed by atoms with E-state index in [1.807, 2.05) is 5.32 Å². The van der Waals surface area contributed by atoms with E-state index in [1.165, 1.54) is 57.8 Å². The third-order valence-electron chi connectivity index (χ3n) is 12.5. The second-order valence-electron chi connectivity index (χ2n) is 18.8. The highest BCUT2D eigenvalue weighted by atomic mass is 31.2. The number of aliphatic carboxylic acids is 1. The fourth-order valence-electron chi connectivity index (χ4n) is 8.58. The molecule has 68 heavy (non-hydrogen) atoms. The molecule has 1 rings (SSSR count). The number of halogens is 2. The number of phosphoric acid groups is 1. The number of carbonyl (C=O) groups excluding carboxylic acids is 3. The van der Waals surface area contributed by atoms with Gasteiger partial charge in [-0.25, -0.2) is 9.36 Å². The van der Waals surface area contributed by atoms with Gasteiger partial charge < -0.3 is 44.3 Å². The van der Waals surface area contributed by atoms with Gasteiger partial charge >= 0.3 is 31.7 Å². The summed E-state index contributed by atoms with van der Waals surface area (Å²) < 4.78 is 70.6. The zero-order valence-corrected chi connectivity index (χ0v) is 42.9. The van der Waals surface area contributed by atoms with E-state index in [4.69, 9.17) is 23.5 Å². The van der Waals surface area contributed by atoms with Crippen LogP contribution in [0.25, 0.3) is 0 Å². The van der Waals surface area contributed by atoms with Gasteiger partial charge in [0, 0.05) is 12.8 Å². The normalized spacial score (nSPS) is 19.1. The maximum Gasteiger partial charge on any atom is 0.470 e. The van der Waals surface area contributed by atoms with Crippen molar-refractivity contribution in [1.29, 1.82) is 0 Å². The van der Waals surface area contributed by atoms with Crippen molar-refractivity contribution in [3.8, 4) is 0 Å². The number of rotatable bonds is 45. The van der Waals surface area contributed by atoms with Crippen LogP contribution < -0.4 is 5.32 Å². The third kappa shape index (κ3) is 31.9. The number of carboxylic acid groups (broad SMARTS) is 1. The van der Waals surface area contributed by atoms with Crippen LogP contribution in [0.5, 0.6) is 0 Å². The van der Waals surface area contributed by atoms with Crippen LogP contribution in [0.4, 0.5) is 8.78 Å². The molecule has 0 aromatic heterocycles. The molecule has 0 unspecified atom stereocenters. The SMILES string of the molecule is CCCCCCCCCCCCCC(=O)O[C@H](CCCCCCCCCCC)CC(=O)O[C@@H]1[C@@H](NC(=O)C(F)(F)CCCCCCCCCCCC)[C@H](OCC(=O)O)O[C@H](CO)[C@H]1OP(=O)(O)O. The van der Waals surface area contributed by atoms with Gasteiger partial charge in [-0.2, -0.15) is 8.78 Å². The van der Waals surface area contributed by atoms with E-state index >= 15 is 8.78 Å². The lowest BCUT2D eigenvalue weighted by molar-refractivity contribution is -0.271. The second-order valence-corrected chi connectivity index (χ2v) is 20.0. The quantitative estimate of drug-likeness (QED) is 0.0217. The number of nitrogens with one attached hydrogen (secondary N) is 1. The largest absolute Gasteiger partial charge is 0.480 e. The number of unbranched alkanes of at least 4 members (excludes halogenated alkanes) is 27. The smallest absolute Gasteiger partial charge is 0.470 e. The number of esters is 2. The summed E-state index contributed by atoms with van der Waals surface area (Å²) >= 11 is 0. The molecule has 15 nitrogen and oxygen atoms in total. The van der Waals surface area contributed by atoms with E-state index in [9.17, 15) is 43.7 Å². The molecule has 18 heteroatoms. The molecule has 400 valence electrons. The molecular weight excluding hydrogens is 908 g/mol. The average molecular weight is 1000 g/mol. The first-order valence-corrected chi connectivity index (χ1v) is 28.0. The zero-order valence-electron chi connectivity index (χ0n) is 42.0. The van der Waals surface area contributed by atoms with Crippen LogP contribution >= 0.6 is 7.82 Å². The molecular formula is C50H92F2NO14P. The van der Waals surface area contributed by atoms with Gasteiger partial charge in [-0.15, -0.1) is 0 Å². The Kier molecular flexibility index (Phi) is 36.9. The summed E-state index contributed by atoms with van der Waals surface area (Å²) in [6.07, 6.45) is 20.0. The Morgan fingerprint density at radius 3 is 1.53 bits per heavy atom. The molecule has 0 radical (unpaired) electrons. The summed E-state index contributed by atoms with van der Waals surface area (Å²) in [5.41, 5.74) is 0. The van der Waals surface area contributed by atoms with Gasteiger partial charge in [0.1, 0.15) is 31.0 Å². The van der Waals surface area contributed by atoms with E-state index in [1.54, 1.807) is 0 Å². The van der Waals surface area contributed by atoms with Crippen molar-refractivity contribution in [2.24, 2.45) is 0 Å². The van der Waals surface area contributed by atoms with E-state index in [2.05, 4.69) is 20.8 Å². The van der Waals surface area contributed by atoms with Gasteiger partial charge in [0.25, 0.3) is 5.91 Å². The van der Waals surface area contributed by atoms with Crippen LogP contribution in [-0.4, -0.2) is 99.7 Å². The lowest BCUT2D eigenvalue weighted by atomic mass is 9.95. The maximum atomic E-state index is 15.5. The Morgan fingerprint density at radius 2 is 1.09 bits per heavy atom. The molecule has 1 saturated heterocycles. The molecule has 0 aromatic carbocycles. The molecule has 1 fully saturated rings. The van der Waals surface area contributed by atoms with Crippen molar-refractivity contribution < 1.29 is 76.0 Å². The van der Waals surface area contributed by atoms with Crippen LogP contribution in [0.2, 0.25) is 0 Å². The highest BCUT2D eigenvalue weighted by Gasteiger charge is 2.54. The molecule has 0 bridgehead atoms. The first-order valence-electron chi connectivity index (χ1n) is 26.5. The first kappa shape index (κ1) is 63.7. The van der Waals surface area contributed by atoms with Gasteiger partial charge in [0.15, 0.2) is 12.4 Å². The fraction of sp³-hybridized carbons (Fsp3) is 0.920. The lowest BCUT2D eigenvalue weighted by Gasteiger charge is -2.45. The standard InChI is InChI=1S/C50H92F2NO14P/c1-4-7-10-13-16-19-21-23-26-29-32-35-43(57)64-40(34-31-28-25-22-18-15-12-9-6-3)37-44(58)66-47-45(48(63-39-42(55)56)65-41(38-54)46(47)67-68(60,61)62)53-49(59)50(51,52)36-33-30-27-24-20-17-14-11-8-5-2/h40-41,45-48,54H,4-39H2,1-3H3,(H,53,59)(H,55,56)(H2,60,61,62)/t40-,41-,45-,46-,47-,48-/m1/s1. The Morgan fingerprint density at radius 1 is 0.647 bits per heavy atom. The summed E-state index contributed by atoms with van der Waals surface area (Å²) in [7, 11) is -5.50. The zero-order chi connectivity index (χ0) is 50.5. The molecule has 1 aliphatic heterocycles. The maximum absolute atomic E-state index is 15.5. The predicted molar refractivity (Wildman–Crippen MR) is 257 cm³/mol. The minimum Gasteiger partial charge on any atom is -0.480 e. The third-order valence-corrected chi connectivity index (χ3v) is 13.0. The summed E-state index contributed by atoms with van der Waals surface area (Å²) in [4.78, 5) is 71.7. The van der Waals surface area contributed by atoms with Crippen molar-refractivity contribution in [3.05, 3.63) is 0 Å². The topological polar surface area (TPSA) is 224 Å². The van der Waals surface area contributed by atoms with E-state index in [0.717, 1.165) is 103 Å². The summed E-state index contributed by atoms with van der Waals surface area (Å²) in [5, 5.41) is 21.6. The summed E-state index contributed by atoms with van der Waals surface area (Å²) in [6, 6.07) is -2.01. The number of hydrogen-bond donors (Lipinski definition) is 5. The van der Waals surface area contributed by atoms with Crippen molar-refractivity contribution >= 4 is 31.6 Å². The Hall–Kier alpha value is -2.27. The number of aliphatic hydroxyl groups is 1. The predicted octanol–water partition coefficient (Wildman–Crippen LogP) is 11.5. The number of ether oxygens (including phenoxy) is 4. The van der Waals surface area contributed by atoms with Gasteiger partial charge in [-0.05, 0) is 25.7 Å². The molecule has 6 atom stereocenters. The van der Waals surface area contributed by atoms with Crippen LogP contribution in [0.1, 0.15) is 239 Å². The molecule has 0 spiro atoms. The lowest BCUT2D eigenvalue weighted by Crippen LogP contribution is -2.67. The Bertz CT molecular complexity index is 1370. The fourth-order valence-corrected chi connectivity index (χ4v) is 9.15. The monoisotopic (exact) mass is 1000 g/mol. The Balaban J connectivity index is 3.20. The van der Waals surface area contributed by atoms with Crippen molar-refractivity contribution in [2.45, 2.75) is 282 Å². The van der Waals surface area contributed by atoms with E-state index in [0.29, 0.717) is 25.7 Å². The first-order chi connectivity index (χ1) is 32.6. The summed E-state index contributed by atoms with van der Waals surface area (Å²) in [6.45, 7) is 4.36. The molecule has 1 amide bonds. The van der Waals surface area contributed by atoms with Crippen LogP contribution in [-0.2, 0) is 47.2 Å².